The van der Waals surface area contributed by atoms with Crippen LogP contribution in [0.25, 0.3) is 0 Å². The van der Waals surface area contributed by atoms with Crippen LogP contribution in [0.3, 0.4) is 0 Å². The molecule has 0 bridgehead atoms. The zero-order chi connectivity index (χ0) is 18.8. The lowest BCUT2D eigenvalue weighted by atomic mass is 9.66. The van der Waals surface area contributed by atoms with Crippen molar-refractivity contribution in [3.05, 3.63) is 35.9 Å². The fourth-order valence-corrected chi connectivity index (χ4v) is 5.19. The lowest BCUT2D eigenvalue weighted by Crippen LogP contribution is -2.59. The Morgan fingerprint density at radius 2 is 1.92 bits per heavy atom. The summed E-state index contributed by atoms with van der Waals surface area (Å²) in [6, 6.07) is 9.77. The van der Waals surface area contributed by atoms with Crippen LogP contribution in [0.15, 0.2) is 30.3 Å². The number of hydrogen-bond acceptors (Lipinski definition) is 4. The first kappa shape index (κ1) is 19.3. The predicted octanol–water partition coefficient (Wildman–Crippen LogP) is 1.73. The third kappa shape index (κ3) is 4.10. The summed E-state index contributed by atoms with van der Waals surface area (Å²) in [6.07, 6.45) is 4.84. The Morgan fingerprint density at radius 3 is 2.62 bits per heavy atom. The maximum absolute atomic E-state index is 12.7. The van der Waals surface area contributed by atoms with Gasteiger partial charge in [0.2, 0.25) is 15.9 Å². The van der Waals surface area contributed by atoms with Gasteiger partial charge in [-0.25, -0.2) is 13.6 Å². The molecule has 0 aromatic heterocycles. The summed E-state index contributed by atoms with van der Waals surface area (Å²) in [6.45, 7) is 0.501. The van der Waals surface area contributed by atoms with Gasteiger partial charge in [-0.2, -0.15) is 0 Å². The molecule has 1 aliphatic heterocycles. The molecule has 1 aliphatic carbocycles. The van der Waals surface area contributed by atoms with E-state index in [2.05, 4.69) is 0 Å². The number of amides is 1. The van der Waals surface area contributed by atoms with Crippen molar-refractivity contribution in [3.8, 4) is 0 Å². The minimum atomic E-state index is -3.54. The Bertz CT molecular complexity index is 737. The molecule has 1 heterocycles. The third-order valence-electron chi connectivity index (χ3n) is 5.89. The van der Waals surface area contributed by atoms with Gasteiger partial charge < -0.3 is 10.0 Å². The molecule has 2 fully saturated rings. The first-order chi connectivity index (χ1) is 12.3. The minimum Gasteiger partial charge on any atom is -0.385 e. The van der Waals surface area contributed by atoms with Gasteiger partial charge in [0.05, 0.1) is 11.4 Å². The molecule has 1 aromatic rings. The molecule has 3 N–H and O–H groups in total. The number of piperidine rings is 1. The number of rotatable bonds is 5. The van der Waals surface area contributed by atoms with E-state index in [4.69, 9.17) is 5.14 Å². The monoisotopic (exact) mass is 380 g/mol. The molecular formula is C19H28N2O4S. The van der Waals surface area contributed by atoms with Crippen LogP contribution < -0.4 is 5.14 Å². The van der Waals surface area contributed by atoms with Crippen molar-refractivity contribution in [2.75, 3.05) is 12.3 Å². The van der Waals surface area contributed by atoms with Crippen molar-refractivity contribution in [1.29, 1.82) is 0 Å². The predicted molar refractivity (Wildman–Crippen MR) is 99.6 cm³/mol. The number of carbonyl (C=O) groups excluding carboxylic acids is 1. The zero-order valence-corrected chi connectivity index (χ0v) is 15.8. The summed E-state index contributed by atoms with van der Waals surface area (Å²) >= 11 is 0. The van der Waals surface area contributed by atoms with E-state index >= 15 is 0 Å². The lowest BCUT2D eigenvalue weighted by Gasteiger charge is -2.52. The number of primary sulfonamides is 1. The number of benzene rings is 1. The molecule has 1 amide bonds. The second-order valence-electron chi connectivity index (χ2n) is 7.56. The average Bonchev–Trinajstić information content (AvgIpc) is 2.62. The molecule has 3 atom stereocenters. The van der Waals surface area contributed by atoms with E-state index in [-0.39, 0.29) is 36.5 Å². The molecule has 0 radical (unpaired) electrons. The molecule has 7 heteroatoms. The molecule has 6 nitrogen and oxygen atoms in total. The van der Waals surface area contributed by atoms with Gasteiger partial charge in [-0.3, -0.25) is 4.79 Å². The maximum Gasteiger partial charge on any atom is 0.222 e. The lowest BCUT2D eigenvalue weighted by molar-refractivity contribution is -0.154. The molecule has 1 aromatic carbocycles. The Kier molecular flexibility index (Phi) is 5.69. The number of carbonyl (C=O) groups is 1. The fraction of sp³-hybridized carbons (Fsp3) is 0.632. The zero-order valence-electron chi connectivity index (χ0n) is 15.0. The van der Waals surface area contributed by atoms with E-state index in [1.54, 1.807) is 0 Å². The third-order valence-corrected chi connectivity index (χ3v) is 6.75. The van der Waals surface area contributed by atoms with E-state index in [1.807, 2.05) is 35.2 Å². The van der Waals surface area contributed by atoms with Crippen molar-refractivity contribution in [1.82, 2.24) is 4.90 Å². The standard InChI is InChI=1S/C19H28N2O4S/c20-26(24,25)14-6-11-18(22)21-13-12-19(23,15-7-2-1-3-8-15)16-9-4-5-10-17(16)21/h1-3,7-8,16-17,23H,4-6,9-14H2,(H2,20,24,25)/t16-,17-,19+/m0/s1. The van der Waals surface area contributed by atoms with Gasteiger partial charge in [-0.15, -0.1) is 0 Å². The van der Waals surface area contributed by atoms with Crippen LogP contribution in [0.5, 0.6) is 0 Å². The minimum absolute atomic E-state index is 0.0182. The van der Waals surface area contributed by atoms with Crippen LogP contribution in [-0.4, -0.2) is 42.7 Å². The summed E-state index contributed by atoms with van der Waals surface area (Å²) in [5, 5.41) is 16.5. The highest BCUT2D eigenvalue weighted by Gasteiger charge is 2.50. The molecule has 26 heavy (non-hydrogen) atoms. The van der Waals surface area contributed by atoms with Crippen LogP contribution in [0, 0.1) is 5.92 Å². The number of aliphatic hydroxyl groups is 1. The maximum atomic E-state index is 12.7. The van der Waals surface area contributed by atoms with Crippen LogP contribution in [0.4, 0.5) is 0 Å². The summed E-state index contributed by atoms with van der Waals surface area (Å²) in [7, 11) is -3.54. The summed E-state index contributed by atoms with van der Waals surface area (Å²) < 4.78 is 22.2. The summed E-state index contributed by atoms with van der Waals surface area (Å²) in [5.41, 5.74) is 0.0298. The Hall–Kier alpha value is -1.44. The number of nitrogens with two attached hydrogens (primary N) is 1. The molecule has 2 aliphatic rings. The van der Waals surface area contributed by atoms with E-state index in [1.165, 1.54) is 0 Å². The summed E-state index contributed by atoms with van der Waals surface area (Å²) in [5.74, 6) is -0.176. The molecule has 1 saturated heterocycles. The average molecular weight is 381 g/mol. The highest BCUT2D eigenvalue weighted by Crippen LogP contribution is 2.47. The van der Waals surface area contributed by atoms with Crippen molar-refractivity contribution >= 4 is 15.9 Å². The van der Waals surface area contributed by atoms with Crippen LogP contribution in [0.1, 0.15) is 50.5 Å². The van der Waals surface area contributed by atoms with Crippen molar-refractivity contribution < 1.29 is 18.3 Å². The molecular weight excluding hydrogens is 352 g/mol. The van der Waals surface area contributed by atoms with Gasteiger partial charge in [-0.1, -0.05) is 43.2 Å². The topological polar surface area (TPSA) is 101 Å². The normalized spacial score (nSPS) is 29.2. The van der Waals surface area contributed by atoms with Crippen LogP contribution in [-0.2, 0) is 20.4 Å². The first-order valence-corrected chi connectivity index (χ1v) is 11.1. The molecule has 144 valence electrons. The number of sulfonamides is 1. The fourth-order valence-electron chi connectivity index (χ4n) is 4.65. The Labute approximate surface area is 155 Å². The second-order valence-corrected chi connectivity index (χ2v) is 9.29. The van der Waals surface area contributed by atoms with E-state index in [9.17, 15) is 18.3 Å². The number of hydrogen-bond donors (Lipinski definition) is 2. The van der Waals surface area contributed by atoms with E-state index in [0.717, 1.165) is 31.2 Å². The van der Waals surface area contributed by atoms with Crippen molar-refractivity contribution in [3.63, 3.8) is 0 Å². The van der Waals surface area contributed by atoms with Gasteiger partial charge in [-0.05, 0) is 31.2 Å². The van der Waals surface area contributed by atoms with Crippen molar-refractivity contribution in [2.24, 2.45) is 11.1 Å². The Balaban J connectivity index is 1.75. The van der Waals surface area contributed by atoms with Gasteiger partial charge >= 0.3 is 0 Å². The molecule has 0 unspecified atom stereocenters. The highest BCUT2D eigenvalue weighted by atomic mass is 32.2. The SMILES string of the molecule is NS(=O)(=O)CCCC(=O)N1CC[C@@](O)(c2ccccc2)[C@H]2CCCC[C@@H]21. The highest BCUT2D eigenvalue weighted by molar-refractivity contribution is 7.89. The smallest absolute Gasteiger partial charge is 0.222 e. The number of fused-ring (bicyclic) bond motifs is 1. The van der Waals surface area contributed by atoms with Crippen LogP contribution in [0.2, 0.25) is 0 Å². The van der Waals surface area contributed by atoms with Gasteiger partial charge in [0.25, 0.3) is 0 Å². The van der Waals surface area contributed by atoms with Gasteiger partial charge in [0.15, 0.2) is 0 Å². The van der Waals surface area contributed by atoms with Gasteiger partial charge in [0.1, 0.15) is 0 Å². The van der Waals surface area contributed by atoms with Crippen molar-refractivity contribution in [2.45, 2.75) is 56.6 Å². The first-order valence-electron chi connectivity index (χ1n) is 9.39. The van der Waals surface area contributed by atoms with E-state index < -0.39 is 15.6 Å². The van der Waals surface area contributed by atoms with E-state index in [0.29, 0.717) is 13.0 Å². The second kappa shape index (κ2) is 7.66. The molecule has 3 rings (SSSR count). The van der Waals surface area contributed by atoms with Crippen LogP contribution >= 0.6 is 0 Å². The summed E-state index contributed by atoms with van der Waals surface area (Å²) in [4.78, 5) is 14.6. The number of likely N-dealkylation sites (tertiary alicyclic amines) is 1. The number of nitrogens with zero attached hydrogens (tertiary/aromatic N) is 1. The quantitative estimate of drug-likeness (QED) is 0.812. The largest absolute Gasteiger partial charge is 0.385 e. The molecule has 0 spiro atoms. The molecule has 1 saturated carbocycles. The van der Waals surface area contributed by atoms with Gasteiger partial charge in [0, 0.05) is 24.9 Å². The Morgan fingerprint density at radius 1 is 1.23 bits per heavy atom.